The number of methoxy groups -OCH3 is 1. The van der Waals surface area contributed by atoms with Crippen LogP contribution in [-0.4, -0.2) is 42.7 Å². The first-order valence-electron chi connectivity index (χ1n) is 6.68. The number of aryl methyl sites for hydroxylation is 1. The van der Waals surface area contributed by atoms with Crippen molar-refractivity contribution in [2.75, 3.05) is 26.7 Å². The molecule has 1 unspecified atom stereocenters. The van der Waals surface area contributed by atoms with E-state index < -0.39 is 0 Å². The maximum Gasteiger partial charge on any atom is 0.122 e. The van der Waals surface area contributed by atoms with Gasteiger partial charge in [-0.25, -0.2) is 0 Å². The van der Waals surface area contributed by atoms with Crippen molar-refractivity contribution < 1.29 is 4.74 Å². The third kappa shape index (κ3) is 3.43. The SMILES string of the molecule is CCC1CN(Cc2cc(OC)cc(C)n2)CCN1. The van der Waals surface area contributed by atoms with Crippen LogP contribution in [0.15, 0.2) is 12.1 Å². The van der Waals surface area contributed by atoms with Crippen LogP contribution in [0, 0.1) is 6.92 Å². The first kappa shape index (κ1) is 13.3. The lowest BCUT2D eigenvalue weighted by molar-refractivity contribution is 0.188. The Bertz CT molecular complexity index is 395. The summed E-state index contributed by atoms with van der Waals surface area (Å²) in [6.07, 6.45) is 1.18. The molecular formula is C14H23N3O. The van der Waals surface area contributed by atoms with Crippen LogP contribution in [0.2, 0.25) is 0 Å². The molecule has 1 aliphatic heterocycles. The molecule has 2 heterocycles. The van der Waals surface area contributed by atoms with Crippen LogP contribution in [0.1, 0.15) is 24.7 Å². The molecular weight excluding hydrogens is 226 g/mol. The van der Waals surface area contributed by atoms with Crippen molar-refractivity contribution in [3.05, 3.63) is 23.5 Å². The van der Waals surface area contributed by atoms with Gasteiger partial charge < -0.3 is 10.1 Å². The lowest BCUT2D eigenvalue weighted by atomic mass is 10.1. The largest absolute Gasteiger partial charge is 0.497 e. The van der Waals surface area contributed by atoms with Gasteiger partial charge >= 0.3 is 0 Å². The zero-order valence-corrected chi connectivity index (χ0v) is 11.6. The van der Waals surface area contributed by atoms with Crippen molar-refractivity contribution in [3.63, 3.8) is 0 Å². The Balaban J connectivity index is 2.02. The van der Waals surface area contributed by atoms with E-state index in [0.29, 0.717) is 6.04 Å². The van der Waals surface area contributed by atoms with Crippen molar-refractivity contribution in [1.29, 1.82) is 0 Å². The van der Waals surface area contributed by atoms with Crippen LogP contribution < -0.4 is 10.1 Å². The Hall–Kier alpha value is -1.13. The van der Waals surface area contributed by atoms with Crippen molar-refractivity contribution >= 4 is 0 Å². The number of nitrogens with one attached hydrogen (secondary N) is 1. The molecule has 1 atom stereocenters. The third-order valence-corrected chi connectivity index (χ3v) is 3.43. The molecule has 0 saturated carbocycles. The van der Waals surface area contributed by atoms with Gasteiger partial charge in [-0.05, 0) is 13.3 Å². The van der Waals surface area contributed by atoms with Crippen LogP contribution in [0.3, 0.4) is 0 Å². The summed E-state index contributed by atoms with van der Waals surface area (Å²) in [5.74, 6) is 0.902. The van der Waals surface area contributed by atoms with E-state index in [1.54, 1.807) is 7.11 Å². The van der Waals surface area contributed by atoms with Gasteiger partial charge in [-0.2, -0.15) is 0 Å². The monoisotopic (exact) mass is 249 g/mol. The van der Waals surface area contributed by atoms with Gasteiger partial charge in [0.05, 0.1) is 12.8 Å². The number of hydrogen-bond donors (Lipinski definition) is 1. The van der Waals surface area contributed by atoms with Crippen LogP contribution in [0.4, 0.5) is 0 Å². The second-order valence-electron chi connectivity index (χ2n) is 4.93. The fourth-order valence-corrected chi connectivity index (χ4v) is 2.44. The van der Waals surface area contributed by atoms with Crippen LogP contribution in [0.25, 0.3) is 0 Å². The Morgan fingerprint density at radius 2 is 2.33 bits per heavy atom. The summed E-state index contributed by atoms with van der Waals surface area (Å²) >= 11 is 0. The molecule has 0 amide bonds. The summed E-state index contributed by atoms with van der Waals surface area (Å²) in [5.41, 5.74) is 2.12. The average molecular weight is 249 g/mol. The summed E-state index contributed by atoms with van der Waals surface area (Å²) in [7, 11) is 1.70. The minimum absolute atomic E-state index is 0.616. The smallest absolute Gasteiger partial charge is 0.122 e. The Morgan fingerprint density at radius 3 is 3.06 bits per heavy atom. The standard InChI is InChI=1S/C14H23N3O/c1-4-12-9-17(6-5-15-12)10-13-8-14(18-3)7-11(2)16-13/h7-8,12,15H,4-6,9-10H2,1-3H3. The van der Waals surface area contributed by atoms with Crippen molar-refractivity contribution in [2.24, 2.45) is 0 Å². The highest BCUT2D eigenvalue weighted by Crippen LogP contribution is 2.15. The Kier molecular flexibility index (Phi) is 4.55. The van der Waals surface area contributed by atoms with Gasteiger partial charge in [0.15, 0.2) is 0 Å². The molecule has 4 heteroatoms. The summed E-state index contributed by atoms with van der Waals surface area (Å²) < 4.78 is 5.30. The normalized spacial score (nSPS) is 20.9. The molecule has 4 nitrogen and oxygen atoms in total. The summed E-state index contributed by atoms with van der Waals surface area (Å²) in [6.45, 7) is 8.42. The molecule has 1 aromatic rings. The number of rotatable bonds is 4. The Morgan fingerprint density at radius 1 is 1.50 bits per heavy atom. The molecule has 0 radical (unpaired) electrons. The summed E-state index contributed by atoms with van der Waals surface area (Å²) in [5, 5.41) is 3.53. The first-order chi connectivity index (χ1) is 8.71. The number of pyridine rings is 1. The third-order valence-electron chi connectivity index (χ3n) is 3.43. The number of ether oxygens (including phenoxy) is 1. The van der Waals surface area contributed by atoms with Crippen molar-refractivity contribution in [3.8, 4) is 5.75 Å². The fraction of sp³-hybridized carbons (Fsp3) is 0.643. The first-order valence-corrected chi connectivity index (χ1v) is 6.68. The van der Waals surface area contributed by atoms with E-state index in [4.69, 9.17) is 4.74 Å². The highest BCUT2D eigenvalue weighted by atomic mass is 16.5. The fourth-order valence-electron chi connectivity index (χ4n) is 2.44. The number of piperazine rings is 1. The van der Waals surface area contributed by atoms with E-state index in [1.165, 1.54) is 6.42 Å². The van der Waals surface area contributed by atoms with Crippen molar-refractivity contribution in [2.45, 2.75) is 32.9 Å². The molecule has 0 spiro atoms. The molecule has 1 aromatic heterocycles. The molecule has 1 N–H and O–H groups in total. The maximum atomic E-state index is 5.30. The second-order valence-corrected chi connectivity index (χ2v) is 4.93. The quantitative estimate of drug-likeness (QED) is 0.879. The zero-order valence-electron chi connectivity index (χ0n) is 11.6. The number of nitrogens with zero attached hydrogens (tertiary/aromatic N) is 2. The highest BCUT2D eigenvalue weighted by molar-refractivity contribution is 5.26. The molecule has 1 aliphatic rings. The minimum Gasteiger partial charge on any atom is -0.497 e. The van der Waals surface area contributed by atoms with E-state index in [9.17, 15) is 0 Å². The summed E-state index contributed by atoms with van der Waals surface area (Å²) in [4.78, 5) is 7.05. The molecule has 1 saturated heterocycles. The van der Waals surface area contributed by atoms with Gasteiger partial charge in [0.25, 0.3) is 0 Å². The average Bonchev–Trinajstić information content (AvgIpc) is 2.38. The van der Waals surface area contributed by atoms with Gasteiger partial charge in [-0.15, -0.1) is 0 Å². The van der Waals surface area contributed by atoms with Gasteiger partial charge in [0.2, 0.25) is 0 Å². The lowest BCUT2D eigenvalue weighted by Crippen LogP contribution is -2.49. The summed E-state index contributed by atoms with van der Waals surface area (Å²) in [6, 6.07) is 4.62. The zero-order chi connectivity index (χ0) is 13.0. The molecule has 2 rings (SSSR count). The molecule has 18 heavy (non-hydrogen) atoms. The van der Waals surface area contributed by atoms with E-state index >= 15 is 0 Å². The van der Waals surface area contributed by atoms with Gasteiger partial charge in [0.1, 0.15) is 5.75 Å². The van der Waals surface area contributed by atoms with Crippen LogP contribution in [0.5, 0.6) is 5.75 Å². The maximum absolute atomic E-state index is 5.30. The molecule has 1 fully saturated rings. The van der Waals surface area contributed by atoms with Crippen LogP contribution >= 0.6 is 0 Å². The predicted octanol–water partition coefficient (Wildman–Crippen LogP) is 1.58. The van der Waals surface area contributed by atoms with Gasteiger partial charge in [-0.1, -0.05) is 6.92 Å². The van der Waals surface area contributed by atoms with E-state index in [0.717, 1.165) is 43.3 Å². The minimum atomic E-state index is 0.616. The molecule has 0 aromatic carbocycles. The number of aromatic nitrogens is 1. The number of hydrogen-bond acceptors (Lipinski definition) is 4. The van der Waals surface area contributed by atoms with Gasteiger partial charge in [-0.3, -0.25) is 9.88 Å². The second kappa shape index (κ2) is 6.16. The van der Waals surface area contributed by atoms with Crippen LogP contribution in [-0.2, 0) is 6.54 Å². The van der Waals surface area contributed by atoms with E-state index in [-0.39, 0.29) is 0 Å². The molecule has 0 bridgehead atoms. The highest BCUT2D eigenvalue weighted by Gasteiger charge is 2.18. The van der Waals surface area contributed by atoms with Gasteiger partial charge in [0, 0.05) is 50.0 Å². The van der Waals surface area contributed by atoms with Crippen molar-refractivity contribution in [1.82, 2.24) is 15.2 Å². The predicted molar refractivity (Wildman–Crippen MR) is 72.9 cm³/mol. The van der Waals surface area contributed by atoms with E-state index in [2.05, 4.69) is 22.1 Å². The molecule has 100 valence electrons. The lowest BCUT2D eigenvalue weighted by Gasteiger charge is -2.33. The van der Waals surface area contributed by atoms with E-state index in [1.807, 2.05) is 19.1 Å². The topological polar surface area (TPSA) is 37.4 Å². The Labute approximate surface area is 109 Å². The molecule has 0 aliphatic carbocycles.